The summed E-state index contributed by atoms with van der Waals surface area (Å²) in [6, 6.07) is 24.0. The summed E-state index contributed by atoms with van der Waals surface area (Å²) >= 11 is 0. The summed E-state index contributed by atoms with van der Waals surface area (Å²) in [5.41, 5.74) is 12.9. The number of nitrogen functional groups attached to an aromatic ring is 1. The Morgan fingerprint density at radius 2 is 1.61 bits per heavy atom. The first-order chi connectivity index (χ1) is 17.4. The zero-order valence-corrected chi connectivity index (χ0v) is 20.1. The van der Waals surface area contributed by atoms with Gasteiger partial charge in [-0.2, -0.15) is 5.10 Å². The molecule has 3 heterocycles. The molecule has 0 saturated carbocycles. The molecule has 0 amide bonds. The normalized spacial score (nSPS) is 11.8. The number of H-pyrrole nitrogens is 2. The van der Waals surface area contributed by atoms with Gasteiger partial charge in [0.2, 0.25) is 0 Å². The summed E-state index contributed by atoms with van der Waals surface area (Å²) in [7, 11) is -3.66. The van der Waals surface area contributed by atoms with Crippen molar-refractivity contribution in [3.63, 3.8) is 0 Å². The molecule has 9 heteroatoms. The first kappa shape index (κ1) is 21.9. The predicted octanol–water partition coefficient (Wildman–Crippen LogP) is 5.46. The highest BCUT2D eigenvalue weighted by Gasteiger charge is 2.15. The second-order valence-electron chi connectivity index (χ2n) is 8.67. The summed E-state index contributed by atoms with van der Waals surface area (Å²) < 4.78 is 28.0. The van der Waals surface area contributed by atoms with Crippen molar-refractivity contribution in [1.29, 1.82) is 0 Å². The second-order valence-corrected chi connectivity index (χ2v) is 10.4. The number of aromatic nitrogens is 4. The number of benzene rings is 3. The van der Waals surface area contributed by atoms with E-state index in [0.717, 1.165) is 49.9 Å². The van der Waals surface area contributed by atoms with E-state index in [4.69, 9.17) is 5.73 Å². The molecule has 8 nitrogen and oxygen atoms in total. The number of hydrogen-bond acceptors (Lipinski definition) is 5. The van der Waals surface area contributed by atoms with Crippen molar-refractivity contribution >= 4 is 43.5 Å². The lowest BCUT2D eigenvalue weighted by Gasteiger charge is -2.09. The van der Waals surface area contributed by atoms with Gasteiger partial charge in [-0.15, -0.1) is 0 Å². The van der Waals surface area contributed by atoms with E-state index in [0.29, 0.717) is 11.5 Å². The quantitative estimate of drug-likeness (QED) is 0.253. The number of aryl methyl sites for hydroxylation is 1. The Bertz CT molecular complexity index is 1840. The first-order valence-corrected chi connectivity index (χ1v) is 12.8. The molecular formula is C27H22N6O2S. The lowest BCUT2D eigenvalue weighted by Crippen LogP contribution is -2.12. The Hall–Kier alpha value is -4.63. The minimum absolute atomic E-state index is 0.224. The highest BCUT2D eigenvalue weighted by molar-refractivity contribution is 7.92. The third-order valence-corrected chi connectivity index (χ3v) is 7.61. The predicted molar refractivity (Wildman–Crippen MR) is 143 cm³/mol. The summed E-state index contributed by atoms with van der Waals surface area (Å²) in [4.78, 5) is 8.09. The maximum atomic E-state index is 12.7. The summed E-state index contributed by atoms with van der Waals surface area (Å²) in [5.74, 6) is 0.463. The van der Waals surface area contributed by atoms with Crippen LogP contribution in [-0.2, 0) is 10.0 Å². The number of hydrogen-bond donors (Lipinski definition) is 4. The third kappa shape index (κ3) is 3.85. The molecule has 178 valence electrons. The van der Waals surface area contributed by atoms with Crippen LogP contribution < -0.4 is 10.5 Å². The minimum Gasteiger partial charge on any atom is -0.382 e. The second kappa shape index (κ2) is 8.24. The molecule has 0 spiro atoms. The fourth-order valence-corrected chi connectivity index (χ4v) is 5.34. The van der Waals surface area contributed by atoms with Crippen molar-refractivity contribution in [3.05, 3.63) is 90.6 Å². The average Bonchev–Trinajstić information content (AvgIpc) is 3.48. The number of nitrogens with one attached hydrogen (secondary N) is 3. The van der Waals surface area contributed by atoms with E-state index in [2.05, 4.69) is 24.9 Å². The molecule has 0 fully saturated rings. The summed E-state index contributed by atoms with van der Waals surface area (Å²) in [6.45, 7) is 1.92. The molecule has 0 bridgehead atoms. The maximum absolute atomic E-state index is 12.7. The molecule has 5 N–H and O–H groups in total. The van der Waals surface area contributed by atoms with E-state index >= 15 is 0 Å². The molecule has 0 unspecified atom stereocenters. The SMILES string of the molecule is Cc1ccc(S(=O)(=O)Nc2ccc(-c3cc4c(-c5ccc6[nH]nc(N)c6c5)ccnc4[nH]3)cc2)cc1. The highest BCUT2D eigenvalue weighted by atomic mass is 32.2. The molecule has 3 aromatic heterocycles. The van der Waals surface area contributed by atoms with Gasteiger partial charge < -0.3 is 10.7 Å². The van der Waals surface area contributed by atoms with E-state index in [-0.39, 0.29) is 4.90 Å². The van der Waals surface area contributed by atoms with Gasteiger partial charge in [-0.1, -0.05) is 35.9 Å². The summed E-state index contributed by atoms with van der Waals surface area (Å²) in [6.07, 6.45) is 1.77. The monoisotopic (exact) mass is 494 g/mol. The fraction of sp³-hybridized carbons (Fsp3) is 0.0370. The fourth-order valence-electron chi connectivity index (χ4n) is 4.29. The molecule has 0 aliphatic carbocycles. The van der Waals surface area contributed by atoms with Crippen LogP contribution >= 0.6 is 0 Å². The van der Waals surface area contributed by atoms with Crippen LogP contribution in [0, 0.1) is 6.92 Å². The number of sulfonamides is 1. The average molecular weight is 495 g/mol. The molecule has 0 radical (unpaired) electrons. The van der Waals surface area contributed by atoms with Crippen LogP contribution in [0.5, 0.6) is 0 Å². The van der Waals surface area contributed by atoms with E-state index in [1.54, 1.807) is 42.6 Å². The number of fused-ring (bicyclic) bond motifs is 2. The Morgan fingerprint density at radius 1 is 0.861 bits per heavy atom. The molecular weight excluding hydrogens is 472 g/mol. The Kier molecular flexibility index (Phi) is 5.01. The lowest BCUT2D eigenvalue weighted by molar-refractivity contribution is 0.601. The zero-order valence-electron chi connectivity index (χ0n) is 19.3. The van der Waals surface area contributed by atoms with Crippen molar-refractivity contribution < 1.29 is 8.42 Å². The van der Waals surface area contributed by atoms with Crippen molar-refractivity contribution in [2.24, 2.45) is 0 Å². The minimum atomic E-state index is -3.66. The van der Waals surface area contributed by atoms with Gasteiger partial charge in [0.25, 0.3) is 10.0 Å². The van der Waals surface area contributed by atoms with Gasteiger partial charge in [-0.05, 0) is 72.1 Å². The van der Waals surface area contributed by atoms with Crippen LogP contribution in [0.3, 0.4) is 0 Å². The molecule has 0 aliphatic heterocycles. The number of rotatable bonds is 5. The molecule has 6 rings (SSSR count). The summed E-state index contributed by atoms with van der Waals surface area (Å²) in [5, 5.41) is 8.84. The van der Waals surface area contributed by atoms with Gasteiger partial charge in [0, 0.05) is 28.4 Å². The van der Waals surface area contributed by atoms with Crippen molar-refractivity contribution in [3.8, 4) is 22.4 Å². The van der Waals surface area contributed by atoms with Crippen LogP contribution in [0.2, 0.25) is 0 Å². The van der Waals surface area contributed by atoms with E-state index in [1.165, 1.54) is 0 Å². The number of nitrogens with two attached hydrogens (primary N) is 1. The molecule has 6 aromatic rings. The molecule has 36 heavy (non-hydrogen) atoms. The van der Waals surface area contributed by atoms with Crippen molar-refractivity contribution in [1.82, 2.24) is 20.2 Å². The largest absolute Gasteiger partial charge is 0.382 e. The topological polar surface area (TPSA) is 130 Å². The van der Waals surface area contributed by atoms with Crippen LogP contribution in [-0.4, -0.2) is 28.6 Å². The van der Waals surface area contributed by atoms with E-state index < -0.39 is 10.0 Å². The Labute approximate surface area is 207 Å². The number of nitrogens with zero attached hydrogens (tertiary/aromatic N) is 2. The molecule has 0 saturated heterocycles. The van der Waals surface area contributed by atoms with Crippen molar-refractivity contribution in [2.75, 3.05) is 10.5 Å². The van der Waals surface area contributed by atoms with E-state index in [9.17, 15) is 8.42 Å². The number of pyridine rings is 1. The maximum Gasteiger partial charge on any atom is 0.261 e. The van der Waals surface area contributed by atoms with Gasteiger partial charge in [-0.3, -0.25) is 9.82 Å². The molecule has 0 atom stereocenters. The van der Waals surface area contributed by atoms with Gasteiger partial charge >= 0.3 is 0 Å². The standard InChI is InChI=1S/C27H22N6O2S/c1-16-2-9-20(10-3-16)36(34,35)33-19-7-4-17(5-8-19)25-15-22-21(12-13-29-27(22)30-25)18-6-11-24-23(14-18)26(28)32-31-24/h2-15,33H,1H3,(H,29,30)(H3,28,31,32). The molecule has 3 aromatic carbocycles. The van der Waals surface area contributed by atoms with Crippen LogP contribution in [0.4, 0.5) is 11.5 Å². The van der Waals surface area contributed by atoms with Gasteiger partial charge in [0.05, 0.1) is 10.4 Å². The van der Waals surface area contributed by atoms with Crippen LogP contribution in [0.15, 0.2) is 90.0 Å². The lowest BCUT2D eigenvalue weighted by atomic mass is 10.0. The van der Waals surface area contributed by atoms with Crippen LogP contribution in [0.1, 0.15) is 5.56 Å². The van der Waals surface area contributed by atoms with Crippen LogP contribution in [0.25, 0.3) is 44.3 Å². The van der Waals surface area contributed by atoms with Crippen molar-refractivity contribution in [2.45, 2.75) is 11.8 Å². The number of aromatic amines is 2. The number of anilines is 2. The molecule has 0 aliphatic rings. The third-order valence-electron chi connectivity index (χ3n) is 6.21. The smallest absolute Gasteiger partial charge is 0.261 e. The Balaban J connectivity index is 1.31. The Morgan fingerprint density at radius 3 is 2.39 bits per heavy atom. The van der Waals surface area contributed by atoms with Gasteiger partial charge in [-0.25, -0.2) is 13.4 Å². The zero-order chi connectivity index (χ0) is 24.9. The van der Waals surface area contributed by atoms with Gasteiger partial charge in [0.1, 0.15) is 5.65 Å². The highest BCUT2D eigenvalue weighted by Crippen LogP contribution is 2.33. The van der Waals surface area contributed by atoms with E-state index in [1.807, 2.05) is 49.4 Å². The van der Waals surface area contributed by atoms with Gasteiger partial charge in [0.15, 0.2) is 5.82 Å². The first-order valence-electron chi connectivity index (χ1n) is 11.3.